The van der Waals surface area contributed by atoms with Crippen LogP contribution in [0.3, 0.4) is 0 Å². The molecule has 1 atom stereocenters. The maximum absolute atomic E-state index is 9.81. The van der Waals surface area contributed by atoms with Crippen molar-refractivity contribution in [2.45, 2.75) is 32.5 Å². The quantitative estimate of drug-likeness (QED) is 0.746. The van der Waals surface area contributed by atoms with Crippen molar-refractivity contribution in [1.82, 2.24) is 15.1 Å². The van der Waals surface area contributed by atoms with Crippen LogP contribution in [-0.4, -0.2) is 40.2 Å². The Hall–Kier alpha value is -2.11. The normalized spacial score (nSPS) is 12.9. The Balaban J connectivity index is 1.74. The zero-order valence-corrected chi connectivity index (χ0v) is 13.7. The van der Waals surface area contributed by atoms with E-state index in [2.05, 4.69) is 16.5 Å². The Bertz CT molecular complexity index is 577. The van der Waals surface area contributed by atoms with Crippen molar-refractivity contribution in [2.75, 3.05) is 13.2 Å². The predicted octanol–water partition coefficient (Wildman–Crippen LogP) is 2.33. The molecule has 2 rings (SSSR count). The predicted molar refractivity (Wildman–Crippen MR) is 92.3 cm³/mol. The van der Waals surface area contributed by atoms with Crippen LogP contribution < -0.4 is 10.1 Å². The molecule has 0 fully saturated rings. The van der Waals surface area contributed by atoms with Gasteiger partial charge < -0.3 is 15.2 Å². The van der Waals surface area contributed by atoms with Crippen molar-refractivity contribution in [3.05, 3.63) is 54.4 Å². The van der Waals surface area contributed by atoms with E-state index in [1.165, 1.54) is 0 Å². The molecule has 0 spiro atoms. The molecule has 0 radical (unpaired) electrons. The molecule has 124 valence electrons. The van der Waals surface area contributed by atoms with E-state index in [0.717, 1.165) is 17.9 Å². The monoisotopic (exact) mass is 315 g/mol. The highest BCUT2D eigenvalue weighted by Crippen LogP contribution is 2.13. The van der Waals surface area contributed by atoms with Gasteiger partial charge in [-0.05, 0) is 23.8 Å². The van der Waals surface area contributed by atoms with Gasteiger partial charge in [-0.25, -0.2) is 0 Å². The van der Waals surface area contributed by atoms with Gasteiger partial charge in [-0.1, -0.05) is 38.1 Å². The third-order valence-electron chi connectivity index (χ3n) is 3.25. The first kappa shape index (κ1) is 17.2. The van der Waals surface area contributed by atoms with Gasteiger partial charge in [0.05, 0.1) is 6.54 Å². The molecule has 0 saturated carbocycles. The number of benzene rings is 1. The van der Waals surface area contributed by atoms with Gasteiger partial charge in [0.1, 0.15) is 18.5 Å². The number of aliphatic hydroxyl groups is 1. The first-order valence-electron chi connectivity index (χ1n) is 7.92. The van der Waals surface area contributed by atoms with Crippen molar-refractivity contribution in [1.29, 1.82) is 0 Å². The number of aromatic nitrogens is 2. The van der Waals surface area contributed by atoms with Crippen LogP contribution in [0.25, 0.3) is 6.08 Å². The number of hydrogen-bond acceptors (Lipinski definition) is 4. The van der Waals surface area contributed by atoms with Crippen molar-refractivity contribution >= 4 is 6.08 Å². The van der Waals surface area contributed by atoms with E-state index >= 15 is 0 Å². The molecule has 0 bridgehead atoms. The van der Waals surface area contributed by atoms with Crippen LogP contribution in [0.15, 0.2) is 48.8 Å². The maximum Gasteiger partial charge on any atom is 0.119 e. The summed E-state index contributed by atoms with van der Waals surface area (Å²) in [6.07, 6.45) is 7.30. The number of rotatable bonds is 9. The van der Waals surface area contributed by atoms with Crippen LogP contribution in [0.1, 0.15) is 19.4 Å². The minimum atomic E-state index is -0.508. The molecule has 5 heteroatoms. The lowest BCUT2D eigenvalue weighted by Crippen LogP contribution is -2.35. The molecule has 0 saturated heterocycles. The first-order valence-corrected chi connectivity index (χ1v) is 7.92. The molecule has 23 heavy (non-hydrogen) atoms. The molecule has 1 heterocycles. The lowest BCUT2D eigenvalue weighted by atomic mass is 10.2. The third kappa shape index (κ3) is 6.67. The zero-order chi connectivity index (χ0) is 16.5. The summed E-state index contributed by atoms with van der Waals surface area (Å²) in [5.41, 5.74) is 1.10. The van der Waals surface area contributed by atoms with E-state index in [-0.39, 0.29) is 6.61 Å². The van der Waals surface area contributed by atoms with Crippen molar-refractivity contribution < 1.29 is 9.84 Å². The first-order chi connectivity index (χ1) is 11.1. The van der Waals surface area contributed by atoms with Crippen LogP contribution >= 0.6 is 0 Å². The minimum absolute atomic E-state index is 0.286. The Labute approximate surface area is 137 Å². The summed E-state index contributed by atoms with van der Waals surface area (Å²) in [7, 11) is 0. The molecule has 0 aliphatic rings. The number of nitrogens with one attached hydrogen (secondary N) is 1. The molecular formula is C18H25N3O2. The summed E-state index contributed by atoms with van der Waals surface area (Å²) < 4.78 is 7.45. The summed E-state index contributed by atoms with van der Waals surface area (Å²) in [4.78, 5) is 0. The Morgan fingerprint density at radius 2 is 2.09 bits per heavy atom. The summed E-state index contributed by atoms with van der Waals surface area (Å²) >= 11 is 0. The van der Waals surface area contributed by atoms with E-state index in [9.17, 15) is 5.11 Å². The second kappa shape index (κ2) is 9.12. The Morgan fingerprint density at radius 3 is 2.74 bits per heavy atom. The molecule has 0 aliphatic carbocycles. The highest BCUT2D eigenvalue weighted by molar-refractivity contribution is 5.50. The minimum Gasteiger partial charge on any atom is -0.491 e. The highest BCUT2D eigenvalue weighted by atomic mass is 16.5. The smallest absolute Gasteiger partial charge is 0.119 e. The number of allylic oxidation sites excluding steroid dienone is 1. The Kier molecular flexibility index (Phi) is 6.84. The number of ether oxygens (including phenoxy) is 1. The summed E-state index contributed by atoms with van der Waals surface area (Å²) in [6.45, 7) is 5.67. The summed E-state index contributed by atoms with van der Waals surface area (Å²) in [5.74, 6) is 0.762. The lowest BCUT2D eigenvalue weighted by molar-refractivity contribution is 0.104. The van der Waals surface area contributed by atoms with Gasteiger partial charge in [-0.15, -0.1) is 0 Å². The fourth-order valence-electron chi connectivity index (χ4n) is 2.00. The van der Waals surface area contributed by atoms with Crippen LogP contribution in [0.5, 0.6) is 5.75 Å². The van der Waals surface area contributed by atoms with Crippen molar-refractivity contribution in [3.8, 4) is 5.75 Å². The van der Waals surface area contributed by atoms with Gasteiger partial charge in [0.15, 0.2) is 0 Å². The van der Waals surface area contributed by atoms with Crippen LogP contribution in [0.2, 0.25) is 0 Å². The summed E-state index contributed by atoms with van der Waals surface area (Å²) in [6, 6.07) is 10.1. The molecule has 1 unspecified atom stereocenters. The average molecular weight is 315 g/mol. The topological polar surface area (TPSA) is 59.3 Å². The van der Waals surface area contributed by atoms with Crippen LogP contribution in [0.4, 0.5) is 0 Å². The molecule has 2 N–H and O–H groups in total. The molecule has 2 aromatic rings. The lowest BCUT2D eigenvalue weighted by Gasteiger charge is -2.15. The largest absolute Gasteiger partial charge is 0.491 e. The number of nitrogens with zero attached hydrogens (tertiary/aromatic N) is 2. The van der Waals surface area contributed by atoms with E-state index in [4.69, 9.17) is 4.74 Å². The fraction of sp³-hybridized carbons (Fsp3) is 0.389. The second-order valence-corrected chi connectivity index (χ2v) is 5.73. The molecule has 0 aliphatic heterocycles. The van der Waals surface area contributed by atoms with Crippen molar-refractivity contribution in [3.63, 3.8) is 0 Å². The van der Waals surface area contributed by atoms with E-state index in [1.54, 1.807) is 6.20 Å². The molecular weight excluding hydrogens is 290 g/mol. The number of hydrogen-bond donors (Lipinski definition) is 2. The van der Waals surface area contributed by atoms with E-state index < -0.39 is 6.10 Å². The van der Waals surface area contributed by atoms with Gasteiger partial charge in [-0.2, -0.15) is 5.10 Å². The fourth-order valence-corrected chi connectivity index (χ4v) is 2.00. The molecule has 0 amide bonds. The van der Waals surface area contributed by atoms with Crippen LogP contribution in [0, 0.1) is 0 Å². The molecule has 1 aromatic carbocycles. The number of aliphatic hydroxyl groups excluding tert-OH is 1. The molecule has 1 aromatic heterocycles. The van der Waals surface area contributed by atoms with Gasteiger partial charge >= 0.3 is 0 Å². The standard InChI is InChI=1S/C18H25N3O2/c1-15(2)19-13-17(22)14-23-18-8-6-16(7-9-18)5-3-11-21-12-4-10-20-21/h3-10,12,15,17,19,22H,11,13-14H2,1-2H3/b5-3+. The van der Waals surface area contributed by atoms with Gasteiger partial charge in [-0.3, -0.25) is 4.68 Å². The Morgan fingerprint density at radius 1 is 1.30 bits per heavy atom. The van der Waals surface area contributed by atoms with Gasteiger partial charge in [0.25, 0.3) is 0 Å². The zero-order valence-electron chi connectivity index (χ0n) is 13.7. The average Bonchev–Trinajstić information content (AvgIpc) is 3.05. The van der Waals surface area contributed by atoms with E-state index in [1.807, 2.05) is 61.1 Å². The third-order valence-corrected chi connectivity index (χ3v) is 3.25. The second-order valence-electron chi connectivity index (χ2n) is 5.73. The van der Waals surface area contributed by atoms with Crippen molar-refractivity contribution in [2.24, 2.45) is 0 Å². The highest BCUT2D eigenvalue weighted by Gasteiger charge is 2.05. The summed E-state index contributed by atoms with van der Waals surface area (Å²) in [5, 5.41) is 17.1. The SMILES string of the molecule is CC(C)NCC(O)COc1ccc(/C=C/Cn2cccn2)cc1. The maximum atomic E-state index is 9.81. The van der Waals surface area contributed by atoms with Crippen LogP contribution in [-0.2, 0) is 6.54 Å². The van der Waals surface area contributed by atoms with Gasteiger partial charge in [0.2, 0.25) is 0 Å². The molecule has 5 nitrogen and oxygen atoms in total. The van der Waals surface area contributed by atoms with E-state index in [0.29, 0.717) is 12.6 Å². The van der Waals surface area contributed by atoms with Gasteiger partial charge in [0, 0.05) is 25.0 Å².